The third-order valence-corrected chi connectivity index (χ3v) is 5.64. The Hall–Kier alpha value is -3.35. The first kappa shape index (κ1) is 19.0. The Bertz CT molecular complexity index is 1110. The number of amides is 2. The molecule has 29 heavy (non-hydrogen) atoms. The van der Waals surface area contributed by atoms with Crippen LogP contribution in [0.4, 0.5) is 0 Å². The Morgan fingerprint density at radius 3 is 2.38 bits per heavy atom. The van der Waals surface area contributed by atoms with E-state index >= 15 is 0 Å². The number of fused-ring (bicyclic) bond motifs is 1. The lowest BCUT2D eigenvalue weighted by Crippen LogP contribution is -2.41. The monoisotopic (exact) mass is 393 g/mol. The molecule has 0 saturated heterocycles. The fourth-order valence-electron chi connectivity index (χ4n) is 3.73. The van der Waals surface area contributed by atoms with Crippen LogP contribution in [0.3, 0.4) is 0 Å². The largest absolute Gasteiger partial charge is 0.417 e. The summed E-state index contributed by atoms with van der Waals surface area (Å²) in [6.45, 7) is 0.804. The number of likely N-dealkylation sites (N-methyl/N-ethyl adjacent to an activating group) is 2. The third kappa shape index (κ3) is 3.44. The van der Waals surface area contributed by atoms with Gasteiger partial charge in [-0.25, -0.2) is 4.79 Å². The lowest BCUT2D eigenvalue weighted by Gasteiger charge is -2.26. The highest BCUT2D eigenvalue weighted by Gasteiger charge is 2.52. The SMILES string of the molecule is CN(CCN(C)C(=O)C1(c2ccccc2)CC1)C(=O)c1cccc2oc(=O)[nH]c12. The molecule has 1 heterocycles. The molecule has 150 valence electrons. The third-order valence-electron chi connectivity index (χ3n) is 5.64. The molecule has 3 aromatic rings. The number of nitrogens with zero attached hydrogens (tertiary/aromatic N) is 2. The molecule has 1 aliphatic rings. The van der Waals surface area contributed by atoms with Crippen molar-refractivity contribution < 1.29 is 14.0 Å². The molecule has 1 aliphatic carbocycles. The number of hydrogen-bond acceptors (Lipinski definition) is 4. The Labute approximate surface area is 167 Å². The predicted molar refractivity (Wildman–Crippen MR) is 109 cm³/mol. The van der Waals surface area contributed by atoms with Crippen LogP contribution in [-0.4, -0.2) is 53.8 Å². The molecule has 2 aromatic carbocycles. The van der Waals surface area contributed by atoms with Gasteiger partial charge in [0.1, 0.15) is 0 Å². The van der Waals surface area contributed by atoms with Crippen molar-refractivity contribution in [3.63, 3.8) is 0 Å². The summed E-state index contributed by atoms with van der Waals surface area (Å²) in [5, 5.41) is 0. The van der Waals surface area contributed by atoms with Crippen molar-refractivity contribution in [1.29, 1.82) is 0 Å². The van der Waals surface area contributed by atoms with Crippen LogP contribution in [0, 0.1) is 0 Å². The summed E-state index contributed by atoms with van der Waals surface area (Å²) in [7, 11) is 3.46. The minimum absolute atomic E-state index is 0.0887. The van der Waals surface area contributed by atoms with Crippen molar-refractivity contribution in [3.05, 3.63) is 70.2 Å². The van der Waals surface area contributed by atoms with Crippen LogP contribution in [0.15, 0.2) is 57.7 Å². The summed E-state index contributed by atoms with van der Waals surface area (Å²) in [5.74, 6) is -0.743. The quantitative estimate of drug-likeness (QED) is 0.697. The van der Waals surface area contributed by atoms with Crippen LogP contribution in [0.2, 0.25) is 0 Å². The van der Waals surface area contributed by atoms with Gasteiger partial charge >= 0.3 is 5.76 Å². The molecular formula is C22H23N3O4. The normalized spacial score (nSPS) is 14.6. The van der Waals surface area contributed by atoms with E-state index in [1.54, 1.807) is 42.1 Å². The molecule has 1 saturated carbocycles. The number of benzene rings is 2. The molecule has 1 N–H and O–H groups in total. The highest BCUT2D eigenvalue weighted by molar-refractivity contribution is 6.04. The zero-order chi connectivity index (χ0) is 20.6. The summed E-state index contributed by atoms with van der Waals surface area (Å²) >= 11 is 0. The second kappa shape index (κ2) is 7.24. The number of aromatic amines is 1. The first-order chi connectivity index (χ1) is 13.9. The second-order valence-electron chi connectivity index (χ2n) is 7.59. The molecule has 1 fully saturated rings. The Morgan fingerprint density at radius 1 is 1.00 bits per heavy atom. The van der Waals surface area contributed by atoms with Gasteiger partial charge in [0.05, 0.1) is 16.5 Å². The fraction of sp³-hybridized carbons (Fsp3) is 0.318. The smallest absolute Gasteiger partial charge is 0.408 e. The van der Waals surface area contributed by atoms with Crippen molar-refractivity contribution in [3.8, 4) is 0 Å². The van der Waals surface area contributed by atoms with Crippen LogP contribution in [-0.2, 0) is 10.2 Å². The molecule has 0 atom stereocenters. The average molecular weight is 393 g/mol. The second-order valence-corrected chi connectivity index (χ2v) is 7.59. The van der Waals surface area contributed by atoms with Crippen molar-refractivity contribution in [2.75, 3.05) is 27.2 Å². The minimum atomic E-state index is -0.594. The number of nitrogens with one attached hydrogen (secondary N) is 1. The van der Waals surface area contributed by atoms with Crippen LogP contribution in [0.5, 0.6) is 0 Å². The number of carbonyl (C=O) groups excluding carboxylic acids is 2. The molecule has 0 aliphatic heterocycles. The van der Waals surface area contributed by atoms with Gasteiger partial charge in [0.2, 0.25) is 5.91 Å². The molecule has 1 aromatic heterocycles. The number of H-pyrrole nitrogens is 1. The lowest BCUT2D eigenvalue weighted by atomic mass is 9.94. The zero-order valence-corrected chi connectivity index (χ0v) is 16.5. The van der Waals surface area contributed by atoms with Crippen LogP contribution in [0.1, 0.15) is 28.8 Å². The molecule has 0 bridgehead atoms. The Kier molecular flexibility index (Phi) is 4.74. The Balaban J connectivity index is 1.42. The van der Waals surface area contributed by atoms with Gasteiger partial charge < -0.3 is 14.2 Å². The van der Waals surface area contributed by atoms with E-state index in [0.717, 1.165) is 18.4 Å². The van der Waals surface area contributed by atoms with Crippen molar-refractivity contribution in [2.45, 2.75) is 18.3 Å². The summed E-state index contributed by atoms with van der Waals surface area (Å²) < 4.78 is 5.02. The molecule has 7 nitrogen and oxygen atoms in total. The van der Waals surface area contributed by atoms with Gasteiger partial charge in [-0.3, -0.25) is 14.6 Å². The standard InChI is InChI=1S/C22H23N3O4/c1-24(19(26)16-9-6-10-17-18(16)23-21(28)29-17)13-14-25(2)20(27)22(11-12-22)15-7-4-3-5-8-15/h3-10H,11-14H2,1-2H3,(H,23,28). The fourth-order valence-corrected chi connectivity index (χ4v) is 3.73. The molecule has 7 heteroatoms. The number of carbonyl (C=O) groups is 2. The van der Waals surface area contributed by atoms with Gasteiger partial charge in [-0.2, -0.15) is 0 Å². The summed E-state index contributed by atoms with van der Waals surface area (Å²) in [4.78, 5) is 43.1. The van der Waals surface area contributed by atoms with E-state index in [2.05, 4.69) is 4.98 Å². The van der Waals surface area contributed by atoms with Gasteiger partial charge in [-0.1, -0.05) is 36.4 Å². The number of rotatable bonds is 6. The van der Waals surface area contributed by atoms with E-state index < -0.39 is 11.2 Å². The topological polar surface area (TPSA) is 86.6 Å². The van der Waals surface area contributed by atoms with Crippen molar-refractivity contribution >= 4 is 22.9 Å². The van der Waals surface area contributed by atoms with Crippen LogP contribution in [0.25, 0.3) is 11.1 Å². The zero-order valence-electron chi connectivity index (χ0n) is 16.5. The van der Waals surface area contributed by atoms with Crippen LogP contribution < -0.4 is 5.76 Å². The highest BCUT2D eigenvalue weighted by Crippen LogP contribution is 2.49. The number of oxazole rings is 1. The lowest BCUT2D eigenvalue weighted by molar-refractivity contribution is -0.132. The molecule has 4 rings (SSSR count). The molecular weight excluding hydrogens is 370 g/mol. The van der Waals surface area contributed by atoms with Crippen LogP contribution >= 0.6 is 0 Å². The summed E-state index contributed by atoms with van der Waals surface area (Å²) in [5.41, 5.74) is 1.74. The van der Waals surface area contributed by atoms with E-state index in [1.165, 1.54) is 0 Å². The van der Waals surface area contributed by atoms with Gasteiger partial charge in [-0.15, -0.1) is 0 Å². The van der Waals surface area contributed by atoms with Gasteiger partial charge in [-0.05, 0) is 30.5 Å². The first-order valence-electron chi connectivity index (χ1n) is 9.61. The average Bonchev–Trinajstić information content (AvgIpc) is 3.46. The maximum Gasteiger partial charge on any atom is 0.417 e. The molecule has 0 spiro atoms. The van der Waals surface area contributed by atoms with E-state index in [1.807, 2.05) is 30.3 Å². The molecule has 0 unspecified atom stereocenters. The summed E-state index contributed by atoms with van der Waals surface area (Å²) in [6.07, 6.45) is 1.70. The molecule has 0 radical (unpaired) electrons. The van der Waals surface area contributed by atoms with Gasteiger partial charge in [0.25, 0.3) is 5.91 Å². The van der Waals surface area contributed by atoms with E-state index in [-0.39, 0.29) is 11.8 Å². The van der Waals surface area contributed by atoms with Gasteiger partial charge in [0, 0.05) is 27.2 Å². The van der Waals surface area contributed by atoms with Gasteiger partial charge in [0.15, 0.2) is 5.58 Å². The maximum absolute atomic E-state index is 13.0. The van der Waals surface area contributed by atoms with E-state index in [0.29, 0.717) is 29.8 Å². The van der Waals surface area contributed by atoms with E-state index in [9.17, 15) is 14.4 Å². The highest BCUT2D eigenvalue weighted by atomic mass is 16.4. The van der Waals surface area contributed by atoms with Crippen molar-refractivity contribution in [1.82, 2.24) is 14.8 Å². The number of aromatic nitrogens is 1. The van der Waals surface area contributed by atoms with E-state index in [4.69, 9.17) is 4.42 Å². The summed E-state index contributed by atoms with van der Waals surface area (Å²) in [6, 6.07) is 14.8. The maximum atomic E-state index is 13.0. The Morgan fingerprint density at radius 2 is 1.69 bits per heavy atom. The minimum Gasteiger partial charge on any atom is -0.408 e. The number of para-hydroxylation sites is 1. The predicted octanol–water partition coefficient (Wildman–Crippen LogP) is 2.38. The first-order valence-corrected chi connectivity index (χ1v) is 9.61. The number of hydrogen-bond donors (Lipinski definition) is 1. The van der Waals surface area contributed by atoms with Crippen molar-refractivity contribution in [2.24, 2.45) is 0 Å². The molecule has 2 amide bonds.